The summed E-state index contributed by atoms with van der Waals surface area (Å²) in [4.78, 5) is 11.5. The lowest BCUT2D eigenvalue weighted by atomic mass is 10.1. The van der Waals surface area contributed by atoms with Crippen LogP contribution in [-0.2, 0) is 14.3 Å². The third-order valence-electron chi connectivity index (χ3n) is 1.97. The smallest absolute Gasteiger partial charge is 0.339 e. The zero-order valence-corrected chi connectivity index (χ0v) is 8.76. The van der Waals surface area contributed by atoms with E-state index in [-0.39, 0.29) is 5.97 Å². The van der Waals surface area contributed by atoms with Crippen LogP contribution in [0.5, 0.6) is 0 Å². The van der Waals surface area contributed by atoms with Crippen LogP contribution in [0.3, 0.4) is 0 Å². The summed E-state index contributed by atoms with van der Waals surface area (Å²) in [5.41, 5.74) is 0.639. The van der Waals surface area contributed by atoms with Gasteiger partial charge in [0.2, 0.25) is 0 Å². The molecule has 0 aliphatic carbocycles. The van der Waals surface area contributed by atoms with Crippen molar-refractivity contribution in [3.05, 3.63) is 11.5 Å². The van der Waals surface area contributed by atoms with Crippen LogP contribution in [0.25, 0.3) is 0 Å². The van der Waals surface area contributed by atoms with E-state index in [0.717, 1.165) is 19.4 Å². The second-order valence-electron chi connectivity index (χ2n) is 2.99. The van der Waals surface area contributed by atoms with E-state index in [0.29, 0.717) is 24.7 Å². The molecule has 4 heteroatoms. The lowest BCUT2D eigenvalue weighted by Crippen LogP contribution is -2.27. The molecule has 0 saturated heterocycles. The lowest BCUT2D eigenvalue weighted by molar-refractivity contribution is -0.139. The predicted octanol–water partition coefficient (Wildman–Crippen LogP) is 1.18. The van der Waals surface area contributed by atoms with E-state index in [9.17, 15) is 4.79 Å². The standard InChI is InChI=1S/C10H17NO3/c1-3-13-9-8(6-5-7-11-9)10(12)14-4-2/h11H,3-7H2,1-2H3. The maximum Gasteiger partial charge on any atom is 0.339 e. The summed E-state index contributed by atoms with van der Waals surface area (Å²) in [6.45, 7) is 5.52. The van der Waals surface area contributed by atoms with Crippen LogP contribution in [0.2, 0.25) is 0 Å². The topological polar surface area (TPSA) is 47.6 Å². The van der Waals surface area contributed by atoms with Gasteiger partial charge >= 0.3 is 5.97 Å². The van der Waals surface area contributed by atoms with Gasteiger partial charge in [-0.15, -0.1) is 0 Å². The van der Waals surface area contributed by atoms with Gasteiger partial charge in [-0.2, -0.15) is 0 Å². The number of ether oxygens (including phenoxy) is 2. The number of nitrogens with one attached hydrogen (secondary N) is 1. The lowest BCUT2D eigenvalue weighted by Gasteiger charge is -2.20. The summed E-state index contributed by atoms with van der Waals surface area (Å²) < 4.78 is 10.3. The van der Waals surface area contributed by atoms with Gasteiger partial charge < -0.3 is 14.8 Å². The second-order valence-corrected chi connectivity index (χ2v) is 2.99. The number of carbonyl (C=O) groups is 1. The van der Waals surface area contributed by atoms with Crippen LogP contribution in [0.1, 0.15) is 26.7 Å². The molecule has 1 rings (SSSR count). The van der Waals surface area contributed by atoms with Crippen molar-refractivity contribution in [3.63, 3.8) is 0 Å². The Morgan fingerprint density at radius 1 is 1.43 bits per heavy atom. The number of carbonyl (C=O) groups excluding carboxylic acids is 1. The molecule has 0 radical (unpaired) electrons. The fourth-order valence-corrected chi connectivity index (χ4v) is 1.38. The van der Waals surface area contributed by atoms with Gasteiger partial charge in [-0.3, -0.25) is 0 Å². The van der Waals surface area contributed by atoms with Crippen LogP contribution in [-0.4, -0.2) is 25.7 Å². The van der Waals surface area contributed by atoms with Crippen LogP contribution in [0.4, 0.5) is 0 Å². The predicted molar refractivity (Wildman–Crippen MR) is 52.5 cm³/mol. The summed E-state index contributed by atoms with van der Waals surface area (Å²) in [6.07, 6.45) is 1.69. The molecule has 1 N–H and O–H groups in total. The molecule has 0 spiro atoms. The number of esters is 1. The molecule has 0 aromatic heterocycles. The van der Waals surface area contributed by atoms with Crippen molar-refractivity contribution < 1.29 is 14.3 Å². The molecular formula is C10H17NO3. The molecule has 0 saturated carbocycles. The maximum atomic E-state index is 11.5. The first kappa shape index (κ1) is 10.9. The van der Waals surface area contributed by atoms with Gasteiger partial charge in [0.15, 0.2) is 5.88 Å². The van der Waals surface area contributed by atoms with Gasteiger partial charge in [-0.05, 0) is 26.7 Å². The van der Waals surface area contributed by atoms with Crippen LogP contribution >= 0.6 is 0 Å². The number of hydrogen-bond acceptors (Lipinski definition) is 4. The first-order valence-electron chi connectivity index (χ1n) is 5.06. The monoisotopic (exact) mass is 199 g/mol. The number of hydrogen-bond donors (Lipinski definition) is 1. The van der Waals surface area contributed by atoms with E-state index in [4.69, 9.17) is 9.47 Å². The van der Waals surface area contributed by atoms with Gasteiger partial charge in [0.05, 0.1) is 18.8 Å². The molecule has 0 unspecified atom stereocenters. The summed E-state index contributed by atoms with van der Waals surface area (Å²) >= 11 is 0. The average Bonchev–Trinajstić information content (AvgIpc) is 2.19. The molecule has 1 heterocycles. The summed E-state index contributed by atoms with van der Waals surface area (Å²) in [5.74, 6) is 0.334. The van der Waals surface area contributed by atoms with E-state index in [1.165, 1.54) is 0 Å². The molecule has 14 heavy (non-hydrogen) atoms. The summed E-state index contributed by atoms with van der Waals surface area (Å²) in [5, 5.41) is 3.07. The Labute approximate surface area is 84.3 Å². The SMILES string of the molecule is CCOC(=O)C1=C(OCC)NCCC1. The Morgan fingerprint density at radius 2 is 2.21 bits per heavy atom. The van der Waals surface area contributed by atoms with Crippen molar-refractivity contribution in [3.8, 4) is 0 Å². The Kier molecular flexibility index (Phi) is 4.29. The zero-order chi connectivity index (χ0) is 10.4. The van der Waals surface area contributed by atoms with Crippen LogP contribution in [0.15, 0.2) is 11.5 Å². The highest BCUT2D eigenvalue weighted by Crippen LogP contribution is 2.16. The molecule has 0 aromatic carbocycles. The molecule has 0 bridgehead atoms. The highest BCUT2D eigenvalue weighted by Gasteiger charge is 2.20. The number of rotatable bonds is 4. The average molecular weight is 199 g/mol. The largest absolute Gasteiger partial charge is 0.479 e. The molecule has 1 aliphatic rings. The first-order valence-corrected chi connectivity index (χ1v) is 5.06. The molecule has 0 fully saturated rings. The summed E-state index contributed by atoms with van der Waals surface area (Å²) in [7, 11) is 0. The molecule has 4 nitrogen and oxygen atoms in total. The van der Waals surface area contributed by atoms with Gasteiger partial charge in [-0.1, -0.05) is 0 Å². The highest BCUT2D eigenvalue weighted by molar-refractivity contribution is 5.89. The van der Waals surface area contributed by atoms with Crippen molar-refractivity contribution in [1.29, 1.82) is 0 Å². The van der Waals surface area contributed by atoms with Crippen LogP contribution in [0, 0.1) is 0 Å². The molecule has 1 aliphatic heterocycles. The highest BCUT2D eigenvalue weighted by atomic mass is 16.5. The van der Waals surface area contributed by atoms with Crippen molar-refractivity contribution in [1.82, 2.24) is 5.32 Å². The molecular weight excluding hydrogens is 182 g/mol. The third-order valence-corrected chi connectivity index (χ3v) is 1.97. The molecule has 0 atom stereocenters. The minimum atomic E-state index is -0.261. The first-order chi connectivity index (χ1) is 6.79. The fourth-order valence-electron chi connectivity index (χ4n) is 1.38. The van der Waals surface area contributed by atoms with Crippen molar-refractivity contribution in [2.24, 2.45) is 0 Å². The molecule has 0 aromatic rings. The van der Waals surface area contributed by atoms with Gasteiger partial charge in [0.25, 0.3) is 0 Å². The minimum absolute atomic E-state index is 0.261. The van der Waals surface area contributed by atoms with Crippen molar-refractivity contribution in [2.75, 3.05) is 19.8 Å². The van der Waals surface area contributed by atoms with E-state index >= 15 is 0 Å². The van der Waals surface area contributed by atoms with Gasteiger partial charge in [0.1, 0.15) is 0 Å². The van der Waals surface area contributed by atoms with Crippen molar-refractivity contribution >= 4 is 5.97 Å². The zero-order valence-electron chi connectivity index (χ0n) is 8.76. The van der Waals surface area contributed by atoms with E-state index in [2.05, 4.69) is 5.32 Å². The molecule has 0 amide bonds. The Bertz CT molecular complexity index is 236. The quantitative estimate of drug-likeness (QED) is 0.691. The molecule has 80 valence electrons. The Morgan fingerprint density at radius 3 is 2.86 bits per heavy atom. The normalized spacial score (nSPS) is 16.1. The van der Waals surface area contributed by atoms with E-state index in [1.807, 2.05) is 6.92 Å². The van der Waals surface area contributed by atoms with E-state index < -0.39 is 0 Å². The second kappa shape index (κ2) is 5.52. The van der Waals surface area contributed by atoms with Crippen LogP contribution < -0.4 is 5.32 Å². The van der Waals surface area contributed by atoms with Gasteiger partial charge in [-0.25, -0.2) is 4.79 Å². The minimum Gasteiger partial charge on any atom is -0.479 e. The Balaban J connectivity index is 2.71. The maximum absolute atomic E-state index is 11.5. The van der Waals surface area contributed by atoms with Gasteiger partial charge in [0, 0.05) is 6.54 Å². The third kappa shape index (κ3) is 2.65. The summed E-state index contributed by atoms with van der Waals surface area (Å²) in [6, 6.07) is 0. The fraction of sp³-hybridized carbons (Fsp3) is 0.700. The van der Waals surface area contributed by atoms with E-state index in [1.54, 1.807) is 6.92 Å². The van der Waals surface area contributed by atoms with Crippen molar-refractivity contribution in [2.45, 2.75) is 26.7 Å². The Hall–Kier alpha value is -1.19.